The zero-order valence-electron chi connectivity index (χ0n) is 9.03. The van der Waals surface area contributed by atoms with Crippen LogP contribution in [0.1, 0.15) is 19.3 Å². The van der Waals surface area contributed by atoms with E-state index >= 15 is 0 Å². The first-order valence-corrected chi connectivity index (χ1v) is 5.88. The molecule has 0 spiro atoms. The number of carbonyl (C=O) groups excluding carboxylic acids is 1. The lowest BCUT2D eigenvalue weighted by atomic mass is 10.1. The van der Waals surface area contributed by atoms with Crippen molar-refractivity contribution in [2.45, 2.75) is 25.3 Å². The summed E-state index contributed by atoms with van der Waals surface area (Å²) in [7, 11) is 0. The molecule has 3 nitrogen and oxygen atoms in total. The highest BCUT2D eigenvalue weighted by Crippen LogP contribution is 2.28. The molecule has 16 heavy (non-hydrogen) atoms. The Morgan fingerprint density at radius 2 is 2.06 bits per heavy atom. The average molecular weight is 239 g/mol. The summed E-state index contributed by atoms with van der Waals surface area (Å²) in [4.78, 5) is 13.6. The van der Waals surface area contributed by atoms with Crippen molar-refractivity contribution >= 4 is 23.2 Å². The SMILES string of the molecule is NCCC1CCC(=O)N1c1ccc(Cl)cc1. The van der Waals surface area contributed by atoms with Gasteiger partial charge in [0, 0.05) is 23.2 Å². The minimum absolute atomic E-state index is 0.181. The Morgan fingerprint density at radius 3 is 2.69 bits per heavy atom. The van der Waals surface area contributed by atoms with E-state index in [1.54, 1.807) is 0 Å². The van der Waals surface area contributed by atoms with Crippen molar-refractivity contribution in [3.05, 3.63) is 29.3 Å². The molecule has 1 heterocycles. The van der Waals surface area contributed by atoms with E-state index in [0.29, 0.717) is 18.0 Å². The molecular weight excluding hydrogens is 224 g/mol. The van der Waals surface area contributed by atoms with Crippen molar-refractivity contribution in [2.24, 2.45) is 5.73 Å². The molecule has 0 aromatic heterocycles. The molecule has 1 amide bonds. The zero-order chi connectivity index (χ0) is 11.5. The summed E-state index contributed by atoms with van der Waals surface area (Å²) in [5, 5.41) is 0.686. The van der Waals surface area contributed by atoms with Crippen LogP contribution >= 0.6 is 11.6 Å². The van der Waals surface area contributed by atoms with Gasteiger partial charge < -0.3 is 10.6 Å². The van der Waals surface area contributed by atoms with Crippen LogP contribution in [-0.4, -0.2) is 18.5 Å². The molecule has 1 fully saturated rings. The number of amides is 1. The van der Waals surface area contributed by atoms with Crippen molar-refractivity contribution in [3.8, 4) is 0 Å². The molecule has 1 aromatic carbocycles. The normalized spacial score (nSPS) is 20.5. The summed E-state index contributed by atoms with van der Waals surface area (Å²) in [6.07, 6.45) is 2.38. The summed E-state index contributed by atoms with van der Waals surface area (Å²) in [6, 6.07) is 7.63. The van der Waals surface area contributed by atoms with Gasteiger partial charge in [0.2, 0.25) is 5.91 Å². The van der Waals surface area contributed by atoms with Gasteiger partial charge in [-0.25, -0.2) is 0 Å². The molecule has 2 N–H and O–H groups in total. The number of hydrogen-bond donors (Lipinski definition) is 1. The number of benzene rings is 1. The van der Waals surface area contributed by atoms with Crippen LogP contribution in [0.15, 0.2) is 24.3 Å². The number of nitrogens with two attached hydrogens (primary N) is 1. The fourth-order valence-corrected chi connectivity index (χ4v) is 2.29. The molecule has 0 aliphatic carbocycles. The van der Waals surface area contributed by atoms with E-state index < -0.39 is 0 Å². The predicted octanol–water partition coefficient (Wildman–Crippen LogP) is 2.18. The number of carbonyl (C=O) groups is 1. The molecule has 2 rings (SSSR count). The van der Waals surface area contributed by atoms with Crippen LogP contribution in [0, 0.1) is 0 Å². The molecule has 86 valence electrons. The van der Waals surface area contributed by atoms with Gasteiger partial charge in [-0.05, 0) is 43.7 Å². The van der Waals surface area contributed by atoms with Crippen molar-refractivity contribution in [3.63, 3.8) is 0 Å². The molecule has 1 aliphatic rings. The van der Waals surface area contributed by atoms with Crippen molar-refractivity contribution in [1.29, 1.82) is 0 Å². The fourth-order valence-electron chi connectivity index (χ4n) is 2.17. The first-order chi connectivity index (χ1) is 7.72. The van der Waals surface area contributed by atoms with Gasteiger partial charge in [-0.3, -0.25) is 4.79 Å². The minimum Gasteiger partial charge on any atom is -0.330 e. The van der Waals surface area contributed by atoms with Gasteiger partial charge in [0.05, 0.1) is 0 Å². The van der Waals surface area contributed by atoms with Crippen molar-refractivity contribution in [1.82, 2.24) is 0 Å². The topological polar surface area (TPSA) is 46.3 Å². The number of nitrogens with zero attached hydrogens (tertiary/aromatic N) is 1. The van der Waals surface area contributed by atoms with Crippen LogP contribution in [0.5, 0.6) is 0 Å². The van der Waals surface area contributed by atoms with Crippen LogP contribution in [0.2, 0.25) is 5.02 Å². The Labute approximate surface area is 100 Å². The van der Waals surface area contributed by atoms with Crippen LogP contribution in [0.4, 0.5) is 5.69 Å². The lowest BCUT2D eigenvalue weighted by Crippen LogP contribution is -2.34. The predicted molar refractivity (Wildman–Crippen MR) is 65.6 cm³/mol. The maximum Gasteiger partial charge on any atom is 0.227 e. The van der Waals surface area contributed by atoms with E-state index in [9.17, 15) is 4.79 Å². The van der Waals surface area contributed by atoms with Gasteiger partial charge >= 0.3 is 0 Å². The molecule has 4 heteroatoms. The molecule has 0 saturated carbocycles. The van der Waals surface area contributed by atoms with Gasteiger partial charge in [0.25, 0.3) is 0 Å². The number of hydrogen-bond acceptors (Lipinski definition) is 2. The summed E-state index contributed by atoms with van der Waals surface area (Å²) >= 11 is 5.83. The van der Waals surface area contributed by atoms with Crippen LogP contribution in [-0.2, 0) is 4.79 Å². The second-order valence-corrected chi connectivity index (χ2v) is 4.45. The molecule has 1 aromatic rings. The fraction of sp³-hybridized carbons (Fsp3) is 0.417. The monoisotopic (exact) mass is 238 g/mol. The Balaban J connectivity index is 2.22. The largest absolute Gasteiger partial charge is 0.330 e. The molecule has 0 radical (unpaired) electrons. The summed E-state index contributed by atoms with van der Waals surface area (Å²) < 4.78 is 0. The molecule has 1 saturated heterocycles. The van der Waals surface area contributed by atoms with Crippen molar-refractivity contribution < 1.29 is 4.79 Å². The van der Waals surface area contributed by atoms with E-state index in [1.165, 1.54) is 0 Å². The van der Waals surface area contributed by atoms with Gasteiger partial charge in [-0.2, -0.15) is 0 Å². The zero-order valence-corrected chi connectivity index (χ0v) is 9.78. The van der Waals surface area contributed by atoms with Crippen LogP contribution in [0.25, 0.3) is 0 Å². The lowest BCUT2D eigenvalue weighted by molar-refractivity contribution is -0.117. The van der Waals surface area contributed by atoms with Crippen LogP contribution in [0.3, 0.4) is 0 Å². The van der Waals surface area contributed by atoms with E-state index in [2.05, 4.69) is 0 Å². The smallest absolute Gasteiger partial charge is 0.227 e. The third-order valence-electron chi connectivity index (χ3n) is 2.93. The highest BCUT2D eigenvalue weighted by Gasteiger charge is 2.31. The first-order valence-electron chi connectivity index (χ1n) is 5.50. The quantitative estimate of drug-likeness (QED) is 0.878. The summed E-state index contributed by atoms with van der Waals surface area (Å²) in [6.45, 7) is 0.613. The molecule has 1 unspecified atom stereocenters. The van der Waals surface area contributed by atoms with E-state index in [4.69, 9.17) is 17.3 Å². The Kier molecular flexibility index (Phi) is 3.46. The summed E-state index contributed by atoms with van der Waals surface area (Å²) in [5.41, 5.74) is 6.48. The maximum absolute atomic E-state index is 11.8. The third-order valence-corrected chi connectivity index (χ3v) is 3.18. The van der Waals surface area contributed by atoms with Gasteiger partial charge in [0.1, 0.15) is 0 Å². The second-order valence-electron chi connectivity index (χ2n) is 4.01. The van der Waals surface area contributed by atoms with Gasteiger partial charge in [-0.1, -0.05) is 11.6 Å². The Hall–Kier alpha value is -1.06. The molecule has 1 aliphatic heterocycles. The van der Waals surface area contributed by atoms with Gasteiger partial charge in [-0.15, -0.1) is 0 Å². The van der Waals surface area contributed by atoms with E-state index in [1.807, 2.05) is 29.2 Å². The van der Waals surface area contributed by atoms with Crippen LogP contribution < -0.4 is 10.6 Å². The Morgan fingerprint density at radius 1 is 1.38 bits per heavy atom. The van der Waals surface area contributed by atoms with Gasteiger partial charge in [0.15, 0.2) is 0 Å². The molecule has 1 atom stereocenters. The average Bonchev–Trinajstić information content (AvgIpc) is 2.62. The maximum atomic E-state index is 11.8. The number of rotatable bonds is 3. The highest BCUT2D eigenvalue weighted by atomic mass is 35.5. The van der Waals surface area contributed by atoms with E-state index in [-0.39, 0.29) is 11.9 Å². The molecule has 0 bridgehead atoms. The van der Waals surface area contributed by atoms with E-state index in [0.717, 1.165) is 18.5 Å². The third kappa shape index (κ3) is 2.20. The number of anilines is 1. The standard InChI is InChI=1S/C12H15ClN2O/c13-9-1-3-10(4-2-9)15-11(7-8-14)5-6-12(15)16/h1-4,11H,5-8,14H2. The van der Waals surface area contributed by atoms with Crippen molar-refractivity contribution in [2.75, 3.05) is 11.4 Å². The number of halogens is 1. The first kappa shape index (κ1) is 11.4. The highest BCUT2D eigenvalue weighted by molar-refractivity contribution is 6.30. The summed E-state index contributed by atoms with van der Waals surface area (Å²) in [5.74, 6) is 0.181. The minimum atomic E-state index is 0.181. The lowest BCUT2D eigenvalue weighted by Gasteiger charge is -2.24. The Bertz CT molecular complexity index is 377. The second kappa shape index (κ2) is 4.85. The molecular formula is C12H15ClN2O.